The molecule has 0 bridgehead atoms. The van der Waals surface area contributed by atoms with Crippen LogP contribution in [-0.4, -0.2) is 16.8 Å². The summed E-state index contributed by atoms with van der Waals surface area (Å²) in [5, 5.41) is 8.20. The van der Waals surface area contributed by atoms with Crippen molar-refractivity contribution < 1.29 is 9.59 Å². The molecule has 0 saturated carbocycles. The Labute approximate surface area is 252 Å². The summed E-state index contributed by atoms with van der Waals surface area (Å²) in [5.74, 6) is -0.348. The average molecular weight is 586 g/mol. The van der Waals surface area contributed by atoms with Crippen molar-refractivity contribution in [2.24, 2.45) is 0 Å². The van der Waals surface area contributed by atoms with E-state index in [4.69, 9.17) is 4.98 Å². The van der Waals surface area contributed by atoms with Crippen LogP contribution in [0.25, 0.3) is 22.0 Å². The van der Waals surface area contributed by atoms with Crippen LogP contribution in [0.15, 0.2) is 132 Å². The third-order valence-electron chi connectivity index (χ3n) is 6.77. The summed E-state index contributed by atoms with van der Waals surface area (Å²) >= 11 is 2.89. The van der Waals surface area contributed by atoms with Gasteiger partial charge >= 0.3 is 0 Å². The van der Waals surface area contributed by atoms with Crippen molar-refractivity contribution in [2.75, 3.05) is 10.6 Å². The number of aromatic nitrogens is 1. The number of carbonyl (C=O) groups excluding carboxylic acids is 2. The van der Waals surface area contributed by atoms with Crippen LogP contribution in [0.5, 0.6) is 0 Å². The minimum absolute atomic E-state index is 0.162. The van der Waals surface area contributed by atoms with Crippen LogP contribution < -0.4 is 10.6 Å². The number of hydrogen-bond acceptors (Lipinski definition) is 5. The van der Waals surface area contributed by atoms with Crippen molar-refractivity contribution in [3.63, 3.8) is 0 Å². The van der Waals surface area contributed by atoms with Gasteiger partial charge in [0.1, 0.15) is 5.25 Å². The predicted molar refractivity (Wildman–Crippen MR) is 174 cm³/mol. The molecule has 0 radical (unpaired) electrons. The molecule has 0 saturated heterocycles. The van der Waals surface area contributed by atoms with Crippen LogP contribution in [0.2, 0.25) is 0 Å². The molecule has 0 aliphatic heterocycles. The highest BCUT2D eigenvalue weighted by atomic mass is 32.2. The second kappa shape index (κ2) is 12.4. The summed E-state index contributed by atoms with van der Waals surface area (Å²) < 4.78 is 0. The van der Waals surface area contributed by atoms with Crippen molar-refractivity contribution in [1.29, 1.82) is 0 Å². The first-order valence-electron chi connectivity index (χ1n) is 13.5. The Morgan fingerprint density at radius 2 is 1.45 bits per heavy atom. The van der Waals surface area contributed by atoms with Gasteiger partial charge in [0.15, 0.2) is 5.13 Å². The van der Waals surface area contributed by atoms with Crippen molar-refractivity contribution in [3.05, 3.63) is 143 Å². The lowest BCUT2D eigenvalue weighted by Crippen LogP contribution is -2.19. The Hall–Kier alpha value is -4.72. The first kappa shape index (κ1) is 27.4. The minimum atomic E-state index is -0.526. The van der Waals surface area contributed by atoms with Gasteiger partial charge in [0.2, 0.25) is 5.91 Å². The Kier molecular flexibility index (Phi) is 8.12. The van der Waals surface area contributed by atoms with E-state index in [-0.39, 0.29) is 11.8 Å². The number of nitrogens with zero attached hydrogens (tertiary/aromatic N) is 1. The molecule has 0 aliphatic rings. The van der Waals surface area contributed by atoms with Gasteiger partial charge in [0, 0.05) is 26.6 Å². The largest absolute Gasteiger partial charge is 0.322 e. The molecular weight excluding hydrogens is 559 g/mol. The maximum Gasteiger partial charge on any atom is 0.255 e. The number of fused-ring (bicyclic) bond motifs is 1. The Morgan fingerprint density at radius 3 is 2.24 bits per heavy atom. The number of nitrogens with one attached hydrogen (secondary N) is 2. The first-order chi connectivity index (χ1) is 20.5. The molecule has 0 aliphatic carbocycles. The quantitative estimate of drug-likeness (QED) is 0.175. The van der Waals surface area contributed by atoms with E-state index in [9.17, 15) is 9.59 Å². The summed E-state index contributed by atoms with van der Waals surface area (Å²) in [6, 6.07) is 40.9. The number of carbonyl (C=O) groups is 2. The predicted octanol–water partition coefficient (Wildman–Crippen LogP) is 9.00. The fraction of sp³-hybridized carbons (Fsp3) is 0.0571. The van der Waals surface area contributed by atoms with Gasteiger partial charge in [0.05, 0.1) is 5.69 Å². The molecule has 2 amide bonds. The van der Waals surface area contributed by atoms with Gasteiger partial charge in [-0.05, 0) is 53.6 Å². The lowest BCUT2D eigenvalue weighted by molar-refractivity contribution is -0.115. The van der Waals surface area contributed by atoms with Gasteiger partial charge < -0.3 is 10.6 Å². The van der Waals surface area contributed by atoms with Gasteiger partial charge in [-0.3, -0.25) is 9.59 Å². The molecule has 1 aromatic heterocycles. The van der Waals surface area contributed by atoms with E-state index in [0.29, 0.717) is 16.4 Å². The number of benzene rings is 5. The molecule has 1 heterocycles. The highest BCUT2D eigenvalue weighted by Gasteiger charge is 2.24. The summed E-state index contributed by atoms with van der Waals surface area (Å²) in [6.45, 7) is 2.01. The SMILES string of the molecule is Cc1sc(NC(=O)C(Sc2cccc(NC(=O)c3ccc4ccccc4c3)c2)c2ccccc2)nc1-c1ccccc1. The Morgan fingerprint density at radius 1 is 0.738 bits per heavy atom. The normalized spacial score (nSPS) is 11.6. The topological polar surface area (TPSA) is 71.1 Å². The standard InChI is InChI=1S/C35H27N3O2S2/c1-23-31(25-12-4-2-5-13-25)37-35(41-23)38-34(40)32(26-14-6-3-7-15-26)42-30-18-10-17-29(22-30)36-33(39)28-20-19-24-11-8-9-16-27(24)21-28/h2-22,32H,1H3,(H,36,39)(H,37,38,40). The van der Waals surface area contributed by atoms with Crippen LogP contribution >= 0.6 is 23.1 Å². The zero-order chi connectivity index (χ0) is 28.9. The van der Waals surface area contributed by atoms with Crippen molar-refractivity contribution in [1.82, 2.24) is 4.98 Å². The molecule has 0 fully saturated rings. The maximum absolute atomic E-state index is 13.7. The molecule has 2 N–H and O–H groups in total. The first-order valence-corrected chi connectivity index (χ1v) is 15.2. The van der Waals surface area contributed by atoms with Crippen molar-refractivity contribution in [3.8, 4) is 11.3 Å². The van der Waals surface area contributed by atoms with Gasteiger partial charge in [-0.1, -0.05) is 97.1 Å². The van der Waals surface area contributed by atoms with Crippen LogP contribution in [0.1, 0.15) is 26.0 Å². The third kappa shape index (κ3) is 6.28. The number of rotatable bonds is 8. The smallest absolute Gasteiger partial charge is 0.255 e. The molecular formula is C35H27N3O2S2. The van der Waals surface area contributed by atoms with E-state index in [1.54, 1.807) is 0 Å². The van der Waals surface area contributed by atoms with Crippen LogP contribution in [-0.2, 0) is 4.79 Å². The highest BCUT2D eigenvalue weighted by molar-refractivity contribution is 8.00. The van der Waals surface area contributed by atoms with E-state index in [1.165, 1.54) is 23.1 Å². The molecule has 1 unspecified atom stereocenters. The summed E-state index contributed by atoms with van der Waals surface area (Å²) in [4.78, 5) is 33.4. The van der Waals surface area contributed by atoms with Gasteiger partial charge in [0.25, 0.3) is 5.91 Å². The summed E-state index contributed by atoms with van der Waals surface area (Å²) in [7, 11) is 0. The monoisotopic (exact) mass is 585 g/mol. The van der Waals surface area contributed by atoms with E-state index in [0.717, 1.165) is 37.4 Å². The Bertz CT molecular complexity index is 1870. The highest BCUT2D eigenvalue weighted by Crippen LogP contribution is 2.38. The number of amides is 2. The molecule has 5 nitrogen and oxygen atoms in total. The van der Waals surface area contributed by atoms with E-state index >= 15 is 0 Å². The summed E-state index contributed by atoms with van der Waals surface area (Å²) in [5.41, 5.74) is 4.01. The lowest BCUT2D eigenvalue weighted by Gasteiger charge is -2.17. The van der Waals surface area contributed by atoms with E-state index in [2.05, 4.69) is 10.6 Å². The fourth-order valence-electron chi connectivity index (χ4n) is 4.70. The number of anilines is 2. The van der Waals surface area contributed by atoms with Crippen LogP contribution in [0.3, 0.4) is 0 Å². The number of aryl methyl sites for hydroxylation is 1. The molecule has 7 heteroatoms. The molecule has 1 atom stereocenters. The van der Waals surface area contributed by atoms with E-state index in [1.807, 2.05) is 134 Å². The molecule has 5 aromatic carbocycles. The molecule has 206 valence electrons. The number of thiazole rings is 1. The fourth-order valence-corrected chi connectivity index (χ4v) is 6.62. The third-order valence-corrected chi connectivity index (χ3v) is 8.91. The zero-order valence-corrected chi connectivity index (χ0v) is 24.4. The lowest BCUT2D eigenvalue weighted by atomic mass is 10.1. The zero-order valence-electron chi connectivity index (χ0n) is 22.8. The maximum atomic E-state index is 13.7. The summed E-state index contributed by atoms with van der Waals surface area (Å²) in [6.07, 6.45) is 0. The van der Waals surface area contributed by atoms with Crippen molar-refractivity contribution >= 4 is 56.5 Å². The number of hydrogen-bond donors (Lipinski definition) is 2. The molecule has 6 rings (SSSR count). The van der Waals surface area contributed by atoms with Crippen molar-refractivity contribution in [2.45, 2.75) is 17.1 Å². The average Bonchev–Trinajstić information content (AvgIpc) is 3.40. The second-order valence-corrected chi connectivity index (χ2v) is 12.1. The van der Waals surface area contributed by atoms with Crippen LogP contribution in [0, 0.1) is 6.92 Å². The Balaban J connectivity index is 1.21. The second-order valence-electron chi connectivity index (χ2n) is 9.73. The molecule has 0 spiro atoms. The minimum Gasteiger partial charge on any atom is -0.322 e. The van der Waals surface area contributed by atoms with Gasteiger partial charge in [-0.25, -0.2) is 4.98 Å². The van der Waals surface area contributed by atoms with Gasteiger partial charge in [-0.15, -0.1) is 23.1 Å². The van der Waals surface area contributed by atoms with Gasteiger partial charge in [-0.2, -0.15) is 0 Å². The van der Waals surface area contributed by atoms with Crippen LogP contribution in [0.4, 0.5) is 10.8 Å². The number of thioether (sulfide) groups is 1. The molecule has 42 heavy (non-hydrogen) atoms. The molecule has 6 aromatic rings. The van der Waals surface area contributed by atoms with E-state index < -0.39 is 5.25 Å².